The summed E-state index contributed by atoms with van der Waals surface area (Å²) in [5, 5.41) is 33.9. The zero-order valence-corrected chi connectivity index (χ0v) is 19.4. The summed E-state index contributed by atoms with van der Waals surface area (Å²) in [5.74, 6) is 0.692. The van der Waals surface area contributed by atoms with Gasteiger partial charge in [0.2, 0.25) is 0 Å². The van der Waals surface area contributed by atoms with Gasteiger partial charge in [-0.2, -0.15) is 0 Å². The number of rotatable bonds is 4. The van der Waals surface area contributed by atoms with Crippen molar-refractivity contribution in [2.24, 2.45) is 0 Å². The number of fused-ring (bicyclic) bond motifs is 1. The van der Waals surface area contributed by atoms with E-state index in [0.717, 1.165) is 10.0 Å². The van der Waals surface area contributed by atoms with Crippen LogP contribution in [0.3, 0.4) is 0 Å². The van der Waals surface area contributed by atoms with Crippen molar-refractivity contribution in [3.63, 3.8) is 0 Å². The summed E-state index contributed by atoms with van der Waals surface area (Å²) in [6, 6.07) is 14.3. The van der Waals surface area contributed by atoms with Crippen LogP contribution in [0.25, 0.3) is 0 Å². The third-order valence-corrected chi connectivity index (χ3v) is 6.94. The minimum Gasteiger partial charge on any atom is -0.497 e. The van der Waals surface area contributed by atoms with Crippen LogP contribution in [0, 0.1) is 0 Å². The van der Waals surface area contributed by atoms with Gasteiger partial charge in [0.25, 0.3) is 0 Å². The molecule has 2 fully saturated rings. The fraction of sp³-hybridized carbons (Fsp3) is 0.435. The Morgan fingerprint density at radius 2 is 1.72 bits per heavy atom. The predicted octanol–water partition coefficient (Wildman–Crippen LogP) is 1.86. The van der Waals surface area contributed by atoms with E-state index >= 15 is 0 Å². The fourth-order valence-electron chi connectivity index (χ4n) is 4.68. The highest BCUT2D eigenvalue weighted by Crippen LogP contribution is 2.42. The highest BCUT2D eigenvalue weighted by Gasteiger charge is 2.51. The van der Waals surface area contributed by atoms with Gasteiger partial charge in [0.05, 0.1) is 32.5 Å². The van der Waals surface area contributed by atoms with Crippen molar-refractivity contribution >= 4 is 27.6 Å². The molecule has 32 heavy (non-hydrogen) atoms. The second-order valence-corrected chi connectivity index (χ2v) is 9.21. The first-order valence-electron chi connectivity index (χ1n) is 10.6. The van der Waals surface area contributed by atoms with Crippen molar-refractivity contribution in [2.45, 2.75) is 30.2 Å². The Morgan fingerprint density at radius 1 is 1.06 bits per heavy atom. The predicted molar refractivity (Wildman–Crippen MR) is 124 cm³/mol. The maximum atomic E-state index is 13.1. The average Bonchev–Trinajstić information content (AvgIpc) is 2.79. The van der Waals surface area contributed by atoms with Gasteiger partial charge in [-0.3, -0.25) is 4.90 Å². The van der Waals surface area contributed by atoms with Crippen molar-refractivity contribution in [1.82, 2.24) is 9.80 Å². The molecule has 0 unspecified atom stereocenters. The van der Waals surface area contributed by atoms with Crippen LogP contribution < -0.4 is 10.1 Å². The number of halogens is 1. The van der Waals surface area contributed by atoms with Crippen molar-refractivity contribution in [1.29, 1.82) is 0 Å². The number of carbonyl (C=O) groups excluding carboxylic acids is 1. The lowest BCUT2D eigenvalue weighted by molar-refractivity contribution is -0.112. The Balaban J connectivity index is 1.56. The largest absolute Gasteiger partial charge is 0.497 e. The smallest absolute Gasteiger partial charge is 0.321 e. The molecule has 0 spiro atoms. The molecule has 8 nitrogen and oxygen atoms in total. The number of benzene rings is 2. The molecule has 0 aromatic heterocycles. The molecule has 2 amide bonds. The standard InChI is InChI=1S/C23H28BrN3O5/c1-32-17-8-6-16(7-9-17)25-23(31)26-10-18-22(14-2-4-15(24)5-3-14)19(13-28)27(18)12-21(30)20(29)11-26/h2-9,18-22,28-30H,10-13H2,1H3,(H,25,31)/t18-,19+,20+,21-,22+/m0/s1. The van der Waals surface area contributed by atoms with E-state index in [1.54, 1.807) is 31.4 Å². The van der Waals surface area contributed by atoms with Gasteiger partial charge in [-0.25, -0.2) is 4.79 Å². The highest BCUT2D eigenvalue weighted by atomic mass is 79.9. The number of anilines is 1. The number of ether oxygens (including phenoxy) is 1. The van der Waals surface area contributed by atoms with Gasteiger partial charge in [0.15, 0.2) is 0 Å². The SMILES string of the molecule is COc1ccc(NC(=O)N2C[C@@H](O)[C@@H](O)CN3[C@H](CO)[C@H](c4ccc(Br)cc4)[C@@H]3C2)cc1. The molecule has 0 radical (unpaired) electrons. The number of urea groups is 1. The van der Waals surface area contributed by atoms with E-state index in [0.29, 0.717) is 18.0 Å². The van der Waals surface area contributed by atoms with E-state index in [1.165, 1.54) is 4.90 Å². The number of amides is 2. The normalized spacial score (nSPS) is 28.2. The zero-order valence-electron chi connectivity index (χ0n) is 17.8. The van der Waals surface area contributed by atoms with Crippen LogP contribution in [0.1, 0.15) is 11.5 Å². The summed E-state index contributed by atoms with van der Waals surface area (Å²) in [4.78, 5) is 16.6. The fourth-order valence-corrected chi connectivity index (χ4v) is 4.94. The summed E-state index contributed by atoms with van der Waals surface area (Å²) in [7, 11) is 1.58. The number of aliphatic hydroxyl groups excluding tert-OH is 3. The second-order valence-electron chi connectivity index (χ2n) is 8.29. The number of nitrogens with one attached hydrogen (secondary N) is 1. The molecule has 2 aliphatic rings. The Bertz CT molecular complexity index is 926. The van der Waals surface area contributed by atoms with Gasteiger partial charge < -0.3 is 30.3 Å². The van der Waals surface area contributed by atoms with Crippen LogP contribution in [0.5, 0.6) is 5.75 Å². The lowest BCUT2D eigenvalue weighted by Gasteiger charge is -2.58. The summed E-state index contributed by atoms with van der Waals surface area (Å²) in [6.07, 6.45) is -2.10. The third-order valence-electron chi connectivity index (χ3n) is 6.41. The Hall–Kier alpha value is -2.17. The van der Waals surface area contributed by atoms with Crippen molar-refractivity contribution < 1.29 is 24.9 Å². The Labute approximate surface area is 195 Å². The molecule has 0 saturated carbocycles. The van der Waals surface area contributed by atoms with Crippen molar-refractivity contribution in [3.05, 3.63) is 58.6 Å². The molecule has 2 aromatic carbocycles. The molecule has 4 rings (SSSR count). The summed E-state index contributed by atoms with van der Waals surface area (Å²) in [5.41, 5.74) is 1.68. The first-order valence-corrected chi connectivity index (χ1v) is 11.4. The quantitative estimate of drug-likeness (QED) is 0.505. The topological polar surface area (TPSA) is 106 Å². The summed E-state index contributed by atoms with van der Waals surface area (Å²) in [6.45, 7) is 0.559. The zero-order chi connectivity index (χ0) is 22.8. The van der Waals surface area contributed by atoms with Gasteiger partial charge >= 0.3 is 6.03 Å². The van der Waals surface area contributed by atoms with Crippen LogP contribution in [0.15, 0.2) is 53.0 Å². The van der Waals surface area contributed by atoms with Crippen LogP contribution in [-0.2, 0) is 0 Å². The maximum Gasteiger partial charge on any atom is 0.321 e. The molecule has 0 aliphatic carbocycles. The maximum absolute atomic E-state index is 13.1. The van der Waals surface area contributed by atoms with Crippen molar-refractivity contribution in [2.75, 3.05) is 38.7 Å². The molecular weight excluding hydrogens is 478 g/mol. The molecule has 2 heterocycles. The van der Waals surface area contributed by atoms with E-state index in [-0.39, 0.29) is 43.7 Å². The van der Waals surface area contributed by atoms with Gasteiger partial charge in [0, 0.05) is 41.3 Å². The molecular formula is C23H28BrN3O5. The van der Waals surface area contributed by atoms with Crippen LogP contribution in [0.2, 0.25) is 0 Å². The molecule has 2 aromatic rings. The number of methoxy groups -OCH3 is 1. The van der Waals surface area contributed by atoms with Gasteiger partial charge in [0.1, 0.15) is 5.75 Å². The van der Waals surface area contributed by atoms with E-state index in [9.17, 15) is 20.1 Å². The van der Waals surface area contributed by atoms with E-state index in [4.69, 9.17) is 4.74 Å². The highest BCUT2D eigenvalue weighted by molar-refractivity contribution is 9.10. The number of carbonyl (C=O) groups is 1. The molecule has 9 heteroatoms. The molecule has 2 aliphatic heterocycles. The molecule has 172 valence electrons. The molecule has 5 atom stereocenters. The number of hydrogen-bond acceptors (Lipinski definition) is 6. The van der Waals surface area contributed by atoms with Crippen LogP contribution in [-0.4, -0.2) is 88.8 Å². The third kappa shape index (κ3) is 4.62. The Kier molecular flexibility index (Phi) is 7.02. The van der Waals surface area contributed by atoms with Crippen LogP contribution >= 0.6 is 15.9 Å². The average molecular weight is 506 g/mol. The molecule has 2 saturated heterocycles. The lowest BCUT2D eigenvalue weighted by atomic mass is 9.74. The number of β-amino-alcohol motifs (C(OH)–C–C–N with tert-alkyl or cyclic N) is 1. The van der Waals surface area contributed by atoms with Gasteiger partial charge in [-0.15, -0.1) is 0 Å². The van der Waals surface area contributed by atoms with Gasteiger partial charge in [-0.1, -0.05) is 28.1 Å². The number of hydrogen-bond donors (Lipinski definition) is 4. The molecule has 0 bridgehead atoms. The van der Waals surface area contributed by atoms with E-state index in [2.05, 4.69) is 21.2 Å². The van der Waals surface area contributed by atoms with Crippen molar-refractivity contribution in [3.8, 4) is 5.75 Å². The first-order chi connectivity index (χ1) is 15.4. The minimum absolute atomic E-state index is 0.00632. The van der Waals surface area contributed by atoms with E-state index < -0.39 is 12.2 Å². The first kappa shape index (κ1) is 23.0. The lowest BCUT2D eigenvalue weighted by Crippen LogP contribution is -2.71. The summed E-state index contributed by atoms with van der Waals surface area (Å²) < 4.78 is 6.12. The number of nitrogens with zero attached hydrogens (tertiary/aromatic N) is 2. The molecule has 4 N–H and O–H groups in total. The minimum atomic E-state index is -1.08. The summed E-state index contributed by atoms with van der Waals surface area (Å²) >= 11 is 3.45. The van der Waals surface area contributed by atoms with Gasteiger partial charge in [-0.05, 0) is 42.0 Å². The van der Waals surface area contributed by atoms with E-state index in [1.807, 2.05) is 29.2 Å². The van der Waals surface area contributed by atoms with Crippen LogP contribution in [0.4, 0.5) is 10.5 Å². The number of aliphatic hydroxyl groups is 3. The monoisotopic (exact) mass is 505 g/mol. The second kappa shape index (κ2) is 9.76. The Morgan fingerprint density at radius 3 is 2.34 bits per heavy atom.